The lowest BCUT2D eigenvalue weighted by atomic mass is 9.55. The van der Waals surface area contributed by atoms with Crippen LogP contribution in [0.3, 0.4) is 0 Å². The summed E-state index contributed by atoms with van der Waals surface area (Å²) in [7, 11) is 0. The third kappa shape index (κ3) is 4.02. The first-order valence-corrected chi connectivity index (χ1v) is 13.6. The molecule has 5 rings (SSSR count). The van der Waals surface area contributed by atoms with E-state index in [4.69, 9.17) is 0 Å². The fourth-order valence-electron chi connectivity index (χ4n) is 7.95. The molecule has 5 unspecified atom stereocenters. The predicted octanol–water partition coefficient (Wildman–Crippen LogP) is 9.31. The van der Waals surface area contributed by atoms with Crippen LogP contribution in [-0.4, -0.2) is 0 Å². The molecular weight excluding hydrogens is 396 g/mol. The second kappa shape index (κ2) is 8.75. The van der Waals surface area contributed by atoms with Crippen molar-refractivity contribution in [1.29, 1.82) is 0 Å². The average molecular weight is 441 g/mol. The zero-order chi connectivity index (χ0) is 23.2. The molecule has 2 saturated carbocycles. The van der Waals surface area contributed by atoms with Crippen molar-refractivity contribution in [3.8, 4) is 0 Å². The van der Waals surface area contributed by atoms with E-state index in [1.807, 2.05) is 0 Å². The summed E-state index contributed by atoms with van der Waals surface area (Å²) in [5.74, 6) is 3.35. The molecule has 0 aromatic heterocycles. The maximum absolute atomic E-state index is 3.96. The Morgan fingerprint density at radius 2 is 1.67 bits per heavy atom. The highest BCUT2D eigenvalue weighted by atomic mass is 14.6. The molecule has 0 saturated heterocycles. The molecule has 0 N–H and O–H groups in total. The Hall–Kier alpha value is -1.82. The number of hydrogen-bond acceptors (Lipinski definition) is 0. The van der Waals surface area contributed by atoms with Gasteiger partial charge in [0.25, 0.3) is 0 Å². The van der Waals surface area contributed by atoms with Gasteiger partial charge < -0.3 is 0 Å². The standard InChI is InChI=1S/C33H44/c1-6-7-11-24-13-14-26(21-24)33(18-9-8-10-19-33)31-29-20-23(2)12-16-27(29)28-17-15-25(22-30(28)31)32(3,4)5/h6,12-13,15-17,20-22,27-31H,1,7-11,14,18-19H2,2-5H3. The van der Waals surface area contributed by atoms with Gasteiger partial charge in [-0.1, -0.05) is 111 Å². The monoisotopic (exact) mass is 440 g/mol. The van der Waals surface area contributed by atoms with E-state index in [1.165, 1.54) is 44.1 Å². The van der Waals surface area contributed by atoms with E-state index in [1.54, 1.807) is 16.7 Å². The lowest BCUT2D eigenvalue weighted by molar-refractivity contribution is 0.0931. The van der Waals surface area contributed by atoms with Crippen LogP contribution in [-0.2, 0) is 0 Å². The van der Waals surface area contributed by atoms with Crippen molar-refractivity contribution in [2.45, 2.75) is 79.1 Å². The van der Waals surface area contributed by atoms with E-state index in [2.05, 4.69) is 89.0 Å². The molecule has 0 nitrogen and oxygen atoms in total. The molecule has 0 heteroatoms. The Balaban J connectivity index is 1.60. The van der Waals surface area contributed by atoms with Crippen LogP contribution in [0.5, 0.6) is 0 Å². The van der Waals surface area contributed by atoms with Crippen LogP contribution in [0.25, 0.3) is 0 Å². The molecule has 0 amide bonds. The summed E-state index contributed by atoms with van der Waals surface area (Å²) in [5, 5.41) is 0. The van der Waals surface area contributed by atoms with Crippen LogP contribution in [0.2, 0.25) is 0 Å². The zero-order valence-corrected chi connectivity index (χ0v) is 21.4. The van der Waals surface area contributed by atoms with Crippen molar-refractivity contribution < 1.29 is 0 Å². The molecule has 0 heterocycles. The summed E-state index contributed by atoms with van der Waals surface area (Å²) >= 11 is 0. The Morgan fingerprint density at radius 3 is 2.36 bits per heavy atom. The highest BCUT2D eigenvalue weighted by Crippen LogP contribution is 2.65. The first-order valence-electron chi connectivity index (χ1n) is 13.6. The molecular formula is C33H44. The minimum atomic E-state index is 0.215. The van der Waals surface area contributed by atoms with E-state index in [0.717, 1.165) is 12.8 Å². The summed E-state index contributed by atoms with van der Waals surface area (Å²) in [5.41, 5.74) is 6.93. The second-order valence-corrected chi connectivity index (χ2v) is 12.5. The minimum absolute atomic E-state index is 0.215. The fourth-order valence-corrected chi connectivity index (χ4v) is 7.95. The number of allylic oxidation sites excluding steroid dienone is 13. The number of hydrogen-bond donors (Lipinski definition) is 0. The summed E-state index contributed by atoms with van der Waals surface area (Å²) in [6.07, 6.45) is 33.1. The van der Waals surface area contributed by atoms with Gasteiger partial charge >= 0.3 is 0 Å². The third-order valence-electron chi connectivity index (χ3n) is 9.54. The quantitative estimate of drug-likeness (QED) is 0.374. The highest BCUT2D eigenvalue weighted by Gasteiger charge is 2.57. The highest BCUT2D eigenvalue weighted by molar-refractivity contribution is 5.42. The van der Waals surface area contributed by atoms with Crippen molar-refractivity contribution in [3.63, 3.8) is 0 Å². The fraction of sp³-hybridized carbons (Fsp3) is 0.576. The summed E-state index contributed by atoms with van der Waals surface area (Å²) in [4.78, 5) is 0. The van der Waals surface area contributed by atoms with Crippen molar-refractivity contribution >= 4 is 0 Å². The predicted molar refractivity (Wildman–Crippen MR) is 143 cm³/mol. The van der Waals surface area contributed by atoms with Crippen molar-refractivity contribution in [2.75, 3.05) is 0 Å². The third-order valence-corrected chi connectivity index (χ3v) is 9.54. The van der Waals surface area contributed by atoms with Crippen LogP contribution in [0.1, 0.15) is 79.1 Å². The summed E-state index contributed by atoms with van der Waals surface area (Å²) < 4.78 is 0. The van der Waals surface area contributed by atoms with E-state index in [-0.39, 0.29) is 5.41 Å². The lowest BCUT2D eigenvalue weighted by Crippen LogP contribution is -2.40. The van der Waals surface area contributed by atoms with Gasteiger partial charge in [0.1, 0.15) is 0 Å². The lowest BCUT2D eigenvalue weighted by Gasteiger charge is -2.49. The first kappa shape index (κ1) is 22.9. The molecule has 2 fully saturated rings. The topological polar surface area (TPSA) is 0 Å². The van der Waals surface area contributed by atoms with Gasteiger partial charge in [-0.05, 0) is 85.0 Å². The second-order valence-electron chi connectivity index (χ2n) is 12.5. The van der Waals surface area contributed by atoms with Crippen LogP contribution in [0.15, 0.2) is 83.6 Å². The molecule has 33 heavy (non-hydrogen) atoms. The van der Waals surface area contributed by atoms with Gasteiger partial charge in [0.15, 0.2) is 0 Å². The van der Waals surface area contributed by atoms with Gasteiger partial charge in [-0.25, -0.2) is 0 Å². The van der Waals surface area contributed by atoms with Gasteiger partial charge in [0.2, 0.25) is 0 Å². The first-order chi connectivity index (χ1) is 15.8. The smallest absolute Gasteiger partial charge is 0.00419 e. The van der Waals surface area contributed by atoms with E-state index in [0.29, 0.717) is 35.0 Å². The molecule has 0 spiro atoms. The van der Waals surface area contributed by atoms with Crippen LogP contribution in [0, 0.1) is 40.4 Å². The molecule has 5 aliphatic carbocycles. The Morgan fingerprint density at radius 1 is 0.970 bits per heavy atom. The number of rotatable bonds is 5. The normalized spacial score (nSPS) is 34.7. The Bertz CT molecular complexity index is 960. The molecule has 5 aliphatic rings. The van der Waals surface area contributed by atoms with E-state index >= 15 is 0 Å². The molecule has 0 radical (unpaired) electrons. The maximum Gasteiger partial charge on any atom is -0.00419 e. The number of fused-ring (bicyclic) bond motifs is 3. The van der Waals surface area contributed by atoms with Gasteiger partial charge in [-0.3, -0.25) is 0 Å². The zero-order valence-electron chi connectivity index (χ0n) is 21.4. The molecule has 0 aromatic carbocycles. The SMILES string of the molecule is C=CCCC1=CCC(C2(C3C4C=C(C)C=CC4C4C=CC(C(C)(C)C)=CC43)CCCCC2)=C1. The maximum atomic E-state index is 3.96. The van der Waals surface area contributed by atoms with Gasteiger partial charge in [-0.2, -0.15) is 0 Å². The Kier molecular flexibility index (Phi) is 6.09. The summed E-state index contributed by atoms with van der Waals surface area (Å²) in [6.45, 7) is 13.4. The van der Waals surface area contributed by atoms with Crippen molar-refractivity contribution in [1.82, 2.24) is 0 Å². The van der Waals surface area contributed by atoms with Gasteiger partial charge in [-0.15, -0.1) is 6.58 Å². The van der Waals surface area contributed by atoms with E-state index in [9.17, 15) is 0 Å². The molecule has 0 aliphatic heterocycles. The van der Waals surface area contributed by atoms with Crippen LogP contribution in [0.4, 0.5) is 0 Å². The van der Waals surface area contributed by atoms with Crippen molar-refractivity contribution in [2.24, 2.45) is 40.4 Å². The van der Waals surface area contributed by atoms with E-state index < -0.39 is 0 Å². The Labute approximate surface area is 203 Å². The van der Waals surface area contributed by atoms with Crippen LogP contribution >= 0.6 is 0 Å². The molecule has 176 valence electrons. The minimum Gasteiger partial charge on any atom is -0.103 e. The van der Waals surface area contributed by atoms with Gasteiger partial charge in [0.05, 0.1) is 0 Å². The van der Waals surface area contributed by atoms with Gasteiger partial charge in [0, 0.05) is 0 Å². The summed E-state index contributed by atoms with van der Waals surface area (Å²) in [6, 6.07) is 0. The van der Waals surface area contributed by atoms with Crippen molar-refractivity contribution in [3.05, 3.63) is 83.6 Å². The average Bonchev–Trinajstić information content (AvgIpc) is 3.40. The molecule has 5 atom stereocenters. The van der Waals surface area contributed by atoms with Crippen LogP contribution < -0.4 is 0 Å². The molecule has 0 aromatic rings. The largest absolute Gasteiger partial charge is 0.103 e. The molecule has 0 bridgehead atoms.